The first-order valence-electron chi connectivity index (χ1n) is 8.94. The van der Waals surface area contributed by atoms with Gasteiger partial charge in [0.2, 0.25) is 0 Å². The summed E-state index contributed by atoms with van der Waals surface area (Å²) in [6, 6.07) is 13.2. The predicted molar refractivity (Wildman–Crippen MR) is 112 cm³/mol. The van der Waals surface area contributed by atoms with Crippen LogP contribution in [-0.2, 0) is 0 Å². The molecule has 0 unspecified atom stereocenters. The van der Waals surface area contributed by atoms with Gasteiger partial charge in [0.1, 0.15) is 5.75 Å². The summed E-state index contributed by atoms with van der Waals surface area (Å²) < 4.78 is 7.08. The third-order valence-corrected chi connectivity index (χ3v) is 5.29. The van der Waals surface area contributed by atoms with Crippen LogP contribution < -0.4 is 10.1 Å². The molecule has 28 heavy (non-hydrogen) atoms. The van der Waals surface area contributed by atoms with Gasteiger partial charge in [0.15, 0.2) is 5.65 Å². The van der Waals surface area contributed by atoms with E-state index in [-0.39, 0.29) is 11.9 Å². The molecule has 4 aromatic rings. The van der Waals surface area contributed by atoms with Crippen molar-refractivity contribution in [3.05, 3.63) is 59.6 Å². The van der Waals surface area contributed by atoms with Gasteiger partial charge in [0.25, 0.3) is 5.91 Å². The Hall–Kier alpha value is -3.19. The Labute approximate surface area is 166 Å². The van der Waals surface area contributed by atoms with E-state index >= 15 is 0 Å². The minimum atomic E-state index is -0.207. The number of hydrogen-bond donors (Lipinski definition) is 1. The highest BCUT2D eigenvalue weighted by atomic mass is 32.1. The molecule has 0 fully saturated rings. The maximum atomic E-state index is 13.1. The summed E-state index contributed by atoms with van der Waals surface area (Å²) >= 11 is 1.59. The minimum Gasteiger partial charge on any atom is -0.497 e. The lowest BCUT2D eigenvalue weighted by molar-refractivity contribution is 0.102. The molecular weight excluding hydrogens is 372 g/mol. The van der Waals surface area contributed by atoms with Gasteiger partial charge >= 0.3 is 0 Å². The van der Waals surface area contributed by atoms with E-state index in [4.69, 9.17) is 9.72 Å². The first-order chi connectivity index (χ1) is 13.6. The van der Waals surface area contributed by atoms with E-state index in [0.29, 0.717) is 22.6 Å². The number of hydrogen-bond acceptors (Lipinski definition) is 5. The zero-order valence-electron chi connectivity index (χ0n) is 15.8. The quantitative estimate of drug-likeness (QED) is 0.519. The number of thiophene rings is 1. The molecule has 0 saturated carbocycles. The fourth-order valence-corrected chi connectivity index (χ4v) is 3.72. The van der Waals surface area contributed by atoms with Crippen LogP contribution in [-0.4, -0.2) is 27.8 Å². The highest BCUT2D eigenvalue weighted by molar-refractivity contribution is 7.13. The van der Waals surface area contributed by atoms with Gasteiger partial charge in [0, 0.05) is 17.8 Å². The van der Waals surface area contributed by atoms with E-state index < -0.39 is 0 Å². The zero-order chi connectivity index (χ0) is 19.7. The number of nitrogens with zero attached hydrogens (tertiary/aromatic N) is 3. The molecule has 0 aliphatic heterocycles. The van der Waals surface area contributed by atoms with Crippen molar-refractivity contribution in [1.82, 2.24) is 14.8 Å². The Balaban J connectivity index is 1.81. The lowest BCUT2D eigenvalue weighted by Crippen LogP contribution is -2.13. The van der Waals surface area contributed by atoms with Crippen LogP contribution in [0.4, 0.5) is 5.69 Å². The van der Waals surface area contributed by atoms with Gasteiger partial charge in [-0.05, 0) is 43.5 Å². The molecule has 0 spiro atoms. The second-order valence-electron chi connectivity index (χ2n) is 6.64. The number of ether oxygens (including phenoxy) is 1. The largest absolute Gasteiger partial charge is 0.497 e. The van der Waals surface area contributed by atoms with Gasteiger partial charge < -0.3 is 10.1 Å². The molecule has 0 aliphatic carbocycles. The fourth-order valence-electron chi connectivity index (χ4n) is 3.03. The summed E-state index contributed by atoms with van der Waals surface area (Å²) in [6.07, 6.45) is 1.71. The standard InChI is InChI=1S/C21H20N4O2S/c1-13(2)25-20-17(12-22-25)16(11-18(24-20)19-8-5-9-28-19)21(26)23-14-6-4-7-15(10-14)27-3/h4-13H,1-3H3,(H,23,26). The minimum absolute atomic E-state index is 0.137. The monoisotopic (exact) mass is 392 g/mol. The van der Waals surface area contributed by atoms with Crippen LogP contribution >= 0.6 is 11.3 Å². The summed E-state index contributed by atoms with van der Waals surface area (Å²) in [5.41, 5.74) is 2.68. The number of amides is 1. The Morgan fingerprint density at radius 1 is 1.21 bits per heavy atom. The number of aromatic nitrogens is 3. The third-order valence-electron chi connectivity index (χ3n) is 4.40. The molecule has 0 saturated heterocycles. The summed E-state index contributed by atoms with van der Waals surface area (Å²) in [5.74, 6) is 0.478. The Bertz CT molecular complexity index is 1130. The average molecular weight is 392 g/mol. The molecule has 1 aromatic carbocycles. The second-order valence-corrected chi connectivity index (χ2v) is 7.59. The maximum Gasteiger partial charge on any atom is 0.256 e. The molecule has 1 N–H and O–H groups in total. The summed E-state index contributed by atoms with van der Waals surface area (Å²) in [6.45, 7) is 4.09. The number of methoxy groups -OCH3 is 1. The molecule has 0 radical (unpaired) electrons. The van der Waals surface area contributed by atoms with Crippen LogP contribution in [0.15, 0.2) is 54.0 Å². The maximum absolute atomic E-state index is 13.1. The number of fused-ring (bicyclic) bond motifs is 1. The molecular formula is C21H20N4O2S. The molecule has 3 aromatic heterocycles. The molecule has 3 heterocycles. The highest BCUT2D eigenvalue weighted by Crippen LogP contribution is 2.29. The molecule has 7 heteroatoms. The van der Waals surface area contributed by atoms with Gasteiger partial charge in [-0.25, -0.2) is 9.67 Å². The van der Waals surface area contributed by atoms with Crippen LogP contribution in [0, 0.1) is 0 Å². The van der Waals surface area contributed by atoms with Crippen LogP contribution in [0.3, 0.4) is 0 Å². The number of carbonyl (C=O) groups excluding carboxylic acids is 1. The van der Waals surface area contributed by atoms with Crippen molar-refractivity contribution in [2.75, 3.05) is 12.4 Å². The summed E-state index contributed by atoms with van der Waals surface area (Å²) in [7, 11) is 1.60. The number of pyridine rings is 1. The van der Waals surface area contributed by atoms with Crippen LogP contribution in [0.2, 0.25) is 0 Å². The van der Waals surface area contributed by atoms with Gasteiger partial charge in [-0.2, -0.15) is 5.10 Å². The van der Waals surface area contributed by atoms with E-state index in [0.717, 1.165) is 16.0 Å². The van der Waals surface area contributed by atoms with Crippen LogP contribution in [0.5, 0.6) is 5.75 Å². The zero-order valence-corrected chi connectivity index (χ0v) is 16.7. The van der Waals surface area contributed by atoms with E-state index in [1.54, 1.807) is 30.7 Å². The first kappa shape index (κ1) is 18.2. The van der Waals surface area contributed by atoms with Gasteiger partial charge in [-0.1, -0.05) is 12.1 Å². The van der Waals surface area contributed by atoms with Crippen molar-refractivity contribution in [1.29, 1.82) is 0 Å². The molecule has 6 nitrogen and oxygen atoms in total. The summed E-state index contributed by atoms with van der Waals surface area (Å²) in [4.78, 5) is 18.9. The number of benzene rings is 1. The molecule has 0 bridgehead atoms. The van der Waals surface area contributed by atoms with E-state index in [9.17, 15) is 4.79 Å². The SMILES string of the molecule is COc1cccc(NC(=O)c2cc(-c3cccs3)nc3c2cnn3C(C)C)c1. The number of rotatable bonds is 5. The topological polar surface area (TPSA) is 69.0 Å². The number of carbonyl (C=O) groups is 1. The van der Waals surface area contributed by atoms with Crippen molar-refractivity contribution >= 4 is 34.0 Å². The van der Waals surface area contributed by atoms with Crippen molar-refractivity contribution in [2.24, 2.45) is 0 Å². The van der Waals surface area contributed by atoms with Gasteiger partial charge in [0.05, 0.1) is 34.8 Å². The highest BCUT2D eigenvalue weighted by Gasteiger charge is 2.19. The first-order valence-corrected chi connectivity index (χ1v) is 9.82. The average Bonchev–Trinajstić information content (AvgIpc) is 3.37. The summed E-state index contributed by atoms with van der Waals surface area (Å²) in [5, 5.41) is 10.1. The molecule has 142 valence electrons. The lowest BCUT2D eigenvalue weighted by Gasteiger charge is -2.11. The van der Waals surface area contributed by atoms with E-state index in [1.165, 1.54) is 0 Å². The smallest absolute Gasteiger partial charge is 0.256 e. The van der Waals surface area contributed by atoms with Crippen LogP contribution in [0.1, 0.15) is 30.2 Å². The Morgan fingerprint density at radius 2 is 2.07 bits per heavy atom. The molecule has 1 amide bonds. The Morgan fingerprint density at radius 3 is 2.79 bits per heavy atom. The van der Waals surface area contributed by atoms with E-state index in [2.05, 4.69) is 10.4 Å². The van der Waals surface area contributed by atoms with Gasteiger partial charge in [-0.3, -0.25) is 4.79 Å². The fraction of sp³-hybridized carbons (Fsp3) is 0.190. The molecule has 4 rings (SSSR count). The van der Waals surface area contributed by atoms with Crippen LogP contribution in [0.25, 0.3) is 21.6 Å². The van der Waals surface area contributed by atoms with Crippen molar-refractivity contribution in [3.63, 3.8) is 0 Å². The normalized spacial score (nSPS) is 11.1. The lowest BCUT2D eigenvalue weighted by atomic mass is 10.1. The van der Waals surface area contributed by atoms with Crippen molar-refractivity contribution in [2.45, 2.75) is 19.9 Å². The molecule has 0 atom stereocenters. The van der Waals surface area contributed by atoms with Crippen molar-refractivity contribution < 1.29 is 9.53 Å². The van der Waals surface area contributed by atoms with E-state index in [1.807, 2.05) is 60.3 Å². The number of anilines is 1. The van der Waals surface area contributed by atoms with Gasteiger partial charge in [-0.15, -0.1) is 11.3 Å². The third kappa shape index (κ3) is 3.36. The Kier molecular flexibility index (Phi) is 4.83. The predicted octanol–water partition coefficient (Wildman–Crippen LogP) is 5.00. The molecule has 0 aliphatic rings. The number of nitrogens with one attached hydrogen (secondary N) is 1. The van der Waals surface area contributed by atoms with Crippen molar-refractivity contribution in [3.8, 4) is 16.3 Å². The second kappa shape index (κ2) is 7.44.